The zero-order chi connectivity index (χ0) is 17.1. The maximum atomic E-state index is 11.7. The molecule has 1 aliphatic rings. The third kappa shape index (κ3) is 4.47. The molecule has 0 aliphatic carbocycles. The Kier molecular flexibility index (Phi) is 5.62. The Morgan fingerprint density at radius 3 is 2.09 bits per heavy atom. The van der Waals surface area contributed by atoms with Gasteiger partial charge in [0, 0.05) is 18.4 Å². The van der Waals surface area contributed by atoms with Gasteiger partial charge in [-0.3, -0.25) is 0 Å². The maximum Gasteiger partial charge on any atom is 0.527 e. The largest absolute Gasteiger partial charge is 0.527 e. The molecule has 22 heavy (non-hydrogen) atoms. The molecule has 0 aromatic rings. The van der Waals surface area contributed by atoms with Gasteiger partial charge >= 0.3 is 12.1 Å². The predicted octanol–water partition coefficient (Wildman–Crippen LogP) is 3.22. The average Bonchev–Trinajstić information content (AvgIpc) is 2.33. The minimum absolute atomic E-state index is 0.253. The number of esters is 1. The summed E-state index contributed by atoms with van der Waals surface area (Å²) in [5.74, 6) is -0.392. The normalized spacial score (nSPS) is 21.0. The van der Waals surface area contributed by atoms with E-state index in [9.17, 15) is 9.59 Å². The molecule has 0 aromatic carbocycles. The van der Waals surface area contributed by atoms with Gasteiger partial charge in [-0.25, -0.2) is 9.59 Å². The summed E-state index contributed by atoms with van der Waals surface area (Å²) < 4.78 is 10.3. The number of rotatable bonds is 4. The highest BCUT2D eigenvalue weighted by Crippen LogP contribution is 2.40. The number of hydroxylamine groups is 2. The third-order valence-corrected chi connectivity index (χ3v) is 3.60. The molecule has 1 saturated heterocycles. The minimum Gasteiger partial charge on any atom is -0.459 e. The van der Waals surface area contributed by atoms with Crippen LogP contribution in [0.25, 0.3) is 0 Å². The van der Waals surface area contributed by atoms with Crippen molar-refractivity contribution in [2.24, 2.45) is 0 Å². The second kappa shape index (κ2) is 6.69. The third-order valence-electron chi connectivity index (χ3n) is 3.60. The predicted molar refractivity (Wildman–Crippen MR) is 82.0 cm³/mol. The fourth-order valence-electron chi connectivity index (χ4n) is 2.97. The molecule has 126 valence electrons. The van der Waals surface area contributed by atoms with E-state index in [1.807, 2.05) is 27.7 Å². The molecule has 1 rings (SSSR count). The molecule has 6 heteroatoms. The number of nitrogens with zero attached hydrogens (tertiary/aromatic N) is 1. The van der Waals surface area contributed by atoms with E-state index < -0.39 is 23.2 Å². The second-order valence-corrected chi connectivity index (χ2v) is 6.91. The topological polar surface area (TPSA) is 65.1 Å². The molecule has 0 saturated carbocycles. The Balaban J connectivity index is 2.86. The summed E-state index contributed by atoms with van der Waals surface area (Å²) in [6.07, 6.45) is 0.126. The van der Waals surface area contributed by atoms with Gasteiger partial charge in [0.1, 0.15) is 6.10 Å². The van der Waals surface area contributed by atoms with Crippen LogP contribution in [0, 0.1) is 0 Å². The Hall–Kier alpha value is -1.56. The van der Waals surface area contributed by atoms with Crippen LogP contribution in [0.5, 0.6) is 0 Å². The van der Waals surface area contributed by atoms with Gasteiger partial charge in [-0.15, -0.1) is 5.06 Å². The summed E-state index contributed by atoms with van der Waals surface area (Å²) in [7, 11) is 0. The molecule has 0 radical (unpaired) electrons. The van der Waals surface area contributed by atoms with Gasteiger partial charge in [-0.05, 0) is 41.5 Å². The van der Waals surface area contributed by atoms with E-state index in [2.05, 4.69) is 6.58 Å². The van der Waals surface area contributed by atoms with Gasteiger partial charge in [0.05, 0.1) is 17.7 Å². The molecule has 0 aromatic heterocycles. The van der Waals surface area contributed by atoms with E-state index in [0.717, 1.165) is 0 Å². The molecule has 1 aliphatic heterocycles. The Morgan fingerprint density at radius 1 is 1.18 bits per heavy atom. The van der Waals surface area contributed by atoms with E-state index in [1.54, 1.807) is 18.9 Å². The number of hydrogen-bond donors (Lipinski definition) is 0. The monoisotopic (exact) mass is 313 g/mol. The number of piperidine rings is 1. The summed E-state index contributed by atoms with van der Waals surface area (Å²) in [5.41, 5.74) is -0.607. The minimum atomic E-state index is -0.721. The van der Waals surface area contributed by atoms with Crippen LogP contribution in [-0.4, -0.2) is 41.0 Å². The van der Waals surface area contributed by atoms with Crippen molar-refractivity contribution in [1.82, 2.24) is 5.06 Å². The van der Waals surface area contributed by atoms with Gasteiger partial charge in [-0.2, -0.15) is 0 Å². The number of hydrogen-bond acceptors (Lipinski definition) is 6. The highest BCUT2D eigenvalue weighted by atomic mass is 16.8. The first-order chi connectivity index (χ1) is 9.99. The lowest BCUT2D eigenvalue weighted by Crippen LogP contribution is -2.62. The van der Waals surface area contributed by atoms with Crippen molar-refractivity contribution in [2.45, 2.75) is 71.6 Å². The van der Waals surface area contributed by atoms with Crippen LogP contribution in [0.2, 0.25) is 0 Å². The highest BCUT2D eigenvalue weighted by Gasteiger charge is 2.49. The van der Waals surface area contributed by atoms with Crippen molar-refractivity contribution < 1.29 is 23.9 Å². The van der Waals surface area contributed by atoms with Crippen LogP contribution in [0.1, 0.15) is 54.4 Å². The SMILES string of the molecule is C=C(C)C(=O)OC1CC(C)(C)N(OC(=O)OCC)C(C)(C)C1. The van der Waals surface area contributed by atoms with Gasteiger partial charge < -0.3 is 14.3 Å². The lowest BCUT2D eigenvalue weighted by Gasteiger charge is -2.51. The van der Waals surface area contributed by atoms with Crippen molar-refractivity contribution in [3.8, 4) is 0 Å². The zero-order valence-electron chi connectivity index (χ0n) is 14.4. The molecule has 0 spiro atoms. The summed E-state index contributed by atoms with van der Waals surface area (Å²) >= 11 is 0. The molecule has 0 amide bonds. The lowest BCUT2D eigenvalue weighted by molar-refractivity contribution is -0.265. The molecule has 1 heterocycles. The first-order valence-corrected chi connectivity index (χ1v) is 7.51. The number of carbonyl (C=O) groups is 2. The van der Waals surface area contributed by atoms with Crippen LogP contribution in [0.15, 0.2) is 12.2 Å². The van der Waals surface area contributed by atoms with Gasteiger partial charge in [0.25, 0.3) is 0 Å². The van der Waals surface area contributed by atoms with Crippen molar-refractivity contribution in [3.05, 3.63) is 12.2 Å². The Labute approximate surface area is 132 Å². The van der Waals surface area contributed by atoms with Crippen molar-refractivity contribution in [1.29, 1.82) is 0 Å². The van der Waals surface area contributed by atoms with Gasteiger partial charge in [-0.1, -0.05) is 6.58 Å². The fourth-order valence-corrected chi connectivity index (χ4v) is 2.97. The van der Waals surface area contributed by atoms with Crippen LogP contribution in [0.3, 0.4) is 0 Å². The maximum absolute atomic E-state index is 11.7. The van der Waals surface area contributed by atoms with Crippen molar-refractivity contribution >= 4 is 12.1 Å². The second-order valence-electron chi connectivity index (χ2n) is 6.91. The quantitative estimate of drug-likeness (QED) is 0.586. The molecule has 1 fully saturated rings. The standard InChI is InChI=1S/C16H27NO5/c1-8-20-14(19)22-17-15(4,5)9-12(10-16(17,6)7)21-13(18)11(2)3/h12H,2,8-10H2,1,3-7H3. The van der Waals surface area contributed by atoms with Crippen molar-refractivity contribution in [3.63, 3.8) is 0 Å². The average molecular weight is 313 g/mol. The van der Waals surface area contributed by atoms with E-state index in [0.29, 0.717) is 18.4 Å². The van der Waals surface area contributed by atoms with E-state index in [4.69, 9.17) is 14.3 Å². The van der Waals surface area contributed by atoms with E-state index in [-0.39, 0.29) is 12.7 Å². The van der Waals surface area contributed by atoms with Crippen LogP contribution < -0.4 is 0 Å². The zero-order valence-corrected chi connectivity index (χ0v) is 14.4. The van der Waals surface area contributed by atoms with E-state index in [1.165, 1.54) is 0 Å². The first kappa shape index (κ1) is 18.5. The summed E-state index contributed by atoms with van der Waals surface area (Å²) in [5, 5.41) is 1.64. The Bertz CT molecular complexity index is 437. The van der Waals surface area contributed by atoms with E-state index >= 15 is 0 Å². The molecular weight excluding hydrogens is 286 g/mol. The molecule has 0 atom stereocenters. The molecule has 0 unspecified atom stereocenters. The summed E-state index contributed by atoms with van der Waals surface area (Å²) in [6.45, 7) is 15.0. The Morgan fingerprint density at radius 2 is 1.68 bits per heavy atom. The van der Waals surface area contributed by atoms with Crippen LogP contribution >= 0.6 is 0 Å². The van der Waals surface area contributed by atoms with Gasteiger partial charge in [0.15, 0.2) is 0 Å². The lowest BCUT2D eigenvalue weighted by atomic mass is 9.80. The number of carbonyl (C=O) groups excluding carboxylic acids is 2. The van der Waals surface area contributed by atoms with Crippen LogP contribution in [0.4, 0.5) is 4.79 Å². The fraction of sp³-hybridized carbons (Fsp3) is 0.750. The molecule has 0 N–H and O–H groups in total. The molecule has 6 nitrogen and oxygen atoms in total. The van der Waals surface area contributed by atoms with Gasteiger partial charge in [0.2, 0.25) is 0 Å². The smallest absolute Gasteiger partial charge is 0.459 e. The van der Waals surface area contributed by atoms with Crippen molar-refractivity contribution in [2.75, 3.05) is 6.61 Å². The summed E-state index contributed by atoms with van der Waals surface area (Å²) in [4.78, 5) is 28.8. The number of ether oxygens (including phenoxy) is 2. The first-order valence-electron chi connectivity index (χ1n) is 7.51. The molecular formula is C16H27NO5. The van der Waals surface area contributed by atoms with Crippen LogP contribution in [-0.2, 0) is 19.1 Å². The summed E-state index contributed by atoms with van der Waals surface area (Å²) in [6, 6.07) is 0. The highest BCUT2D eigenvalue weighted by molar-refractivity contribution is 5.87. The molecule has 0 bridgehead atoms.